The van der Waals surface area contributed by atoms with Crippen molar-refractivity contribution in [2.75, 3.05) is 13.1 Å². The molecule has 3 rings (SSSR count). The Kier molecular flexibility index (Phi) is 4.37. The predicted molar refractivity (Wildman–Crippen MR) is 86.2 cm³/mol. The molecule has 0 bridgehead atoms. The number of aliphatic hydroxyl groups excluding tert-OH is 1. The zero-order valence-corrected chi connectivity index (χ0v) is 12.5. The van der Waals surface area contributed by atoms with Crippen LogP contribution in [0.4, 0.5) is 0 Å². The van der Waals surface area contributed by atoms with Gasteiger partial charge in [0.05, 0.1) is 6.10 Å². The maximum Gasteiger partial charge on any atom is 0.0942 e. The van der Waals surface area contributed by atoms with Gasteiger partial charge in [-0.25, -0.2) is 0 Å². The smallest absolute Gasteiger partial charge is 0.0942 e. The number of hydrogen-bond acceptors (Lipinski definition) is 2. The van der Waals surface area contributed by atoms with Crippen LogP contribution in [-0.2, 0) is 0 Å². The van der Waals surface area contributed by atoms with Gasteiger partial charge in [-0.3, -0.25) is 4.90 Å². The largest absolute Gasteiger partial charge is 0.387 e. The molecule has 0 aromatic heterocycles. The molecule has 0 saturated carbocycles. The van der Waals surface area contributed by atoms with Gasteiger partial charge in [0.15, 0.2) is 0 Å². The summed E-state index contributed by atoms with van der Waals surface area (Å²) in [5.74, 6) is 0.594. The van der Waals surface area contributed by atoms with E-state index in [2.05, 4.69) is 42.2 Å². The van der Waals surface area contributed by atoms with Crippen LogP contribution in [0.15, 0.2) is 60.7 Å². The molecule has 0 aliphatic carbocycles. The molecule has 0 amide bonds. The summed E-state index contributed by atoms with van der Waals surface area (Å²) in [5, 5.41) is 10.6. The summed E-state index contributed by atoms with van der Waals surface area (Å²) in [6, 6.07) is 20.8. The van der Waals surface area contributed by atoms with Crippen LogP contribution in [0, 0.1) is 0 Å². The highest BCUT2D eigenvalue weighted by Gasteiger charge is 2.30. The van der Waals surface area contributed by atoms with Gasteiger partial charge in [-0.05, 0) is 36.9 Å². The van der Waals surface area contributed by atoms with Gasteiger partial charge in [0.25, 0.3) is 0 Å². The van der Waals surface area contributed by atoms with E-state index in [0.29, 0.717) is 5.92 Å². The summed E-state index contributed by atoms with van der Waals surface area (Å²) in [4.78, 5) is 2.41. The number of benzene rings is 2. The monoisotopic (exact) mass is 281 g/mol. The van der Waals surface area contributed by atoms with E-state index < -0.39 is 6.10 Å². The van der Waals surface area contributed by atoms with Crippen molar-refractivity contribution in [1.82, 2.24) is 4.90 Å². The molecule has 1 heterocycles. The molecule has 0 radical (unpaired) electrons. The summed E-state index contributed by atoms with van der Waals surface area (Å²) >= 11 is 0. The van der Waals surface area contributed by atoms with Gasteiger partial charge in [0.1, 0.15) is 0 Å². The third-order valence-corrected chi connectivity index (χ3v) is 4.66. The fourth-order valence-corrected chi connectivity index (χ4v) is 3.28. The molecular formula is C19H23NO. The highest BCUT2D eigenvalue weighted by molar-refractivity contribution is 5.22. The van der Waals surface area contributed by atoms with Crippen molar-refractivity contribution in [2.24, 2.45) is 0 Å². The predicted octanol–water partition coefficient (Wildman–Crippen LogP) is 3.60. The van der Waals surface area contributed by atoms with Crippen LogP contribution >= 0.6 is 0 Å². The first-order valence-corrected chi connectivity index (χ1v) is 7.77. The lowest BCUT2D eigenvalue weighted by molar-refractivity contribution is 0.0708. The van der Waals surface area contributed by atoms with Crippen LogP contribution in [0.1, 0.15) is 36.5 Å². The highest BCUT2D eigenvalue weighted by Crippen LogP contribution is 2.31. The van der Waals surface area contributed by atoms with E-state index in [4.69, 9.17) is 0 Å². The minimum Gasteiger partial charge on any atom is -0.387 e. The summed E-state index contributed by atoms with van der Waals surface area (Å²) < 4.78 is 0. The number of nitrogens with zero attached hydrogens (tertiary/aromatic N) is 1. The van der Waals surface area contributed by atoms with E-state index >= 15 is 0 Å². The first-order chi connectivity index (χ1) is 10.3. The molecule has 1 aliphatic heterocycles. The zero-order valence-electron chi connectivity index (χ0n) is 12.5. The van der Waals surface area contributed by atoms with Crippen molar-refractivity contribution in [3.8, 4) is 0 Å². The normalized spacial score (nSPS) is 22.1. The van der Waals surface area contributed by atoms with Gasteiger partial charge in [0, 0.05) is 12.6 Å². The van der Waals surface area contributed by atoms with Crippen LogP contribution in [0.2, 0.25) is 0 Å². The minimum atomic E-state index is -0.416. The van der Waals surface area contributed by atoms with Crippen molar-refractivity contribution in [3.05, 3.63) is 71.8 Å². The summed E-state index contributed by atoms with van der Waals surface area (Å²) in [5.41, 5.74) is 2.43. The van der Waals surface area contributed by atoms with Gasteiger partial charge >= 0.3 is 0 Å². The molecule has 2 nitrogen and oxygen atoms in total. The van der Waals surface area contributed by atoms with Gasteiger partial charge < -0.3 is 5.11 Å². The van der Waals surface area contributed by atoms with Gasteiger partial charge in [-0.2, -0.15) is 0 Å². The second kappa shape index (κ2) is 6.42. The van der Waals surface area contributed by atoms with E-state index in [1.54, 1.807) is 0 Å². The van der Waals surface area contributed by atoms with Crippen LogP contribution < -0.4 is 0 Å². The van der Waals surface area contributed by atoms with Crippen LogP contribution in [0.3, 0.4) is 0 Å². The molecule has 3 atom stereocenters. The Morgan fingerprint density at radius 3 is 2.29 bits per heavy atom. The molecular weight excluding hydrogens is 258 g/mol. The average molecular weight is 281 g/mol. The molecule has 0 spiro atoms. The Morgan fingerprint density at radius 1 is 1.00 bits per heavy atom. The molecule has 110 valence electrons. The molecule has 2 aromatic rings. The summed E-state index contributed by atoms with van der Waals surface area (Å²) in [6.45, 7) is 4.23. The number of hydrogen-bond donors (Lipinski definition) is 1. The van der Waals surface area contributed by atoms with E-state index in [0.717, 1.165) is 18.7 Å². The minimum absolute atomic E-state index is 0.154. The maximum absolute atomic E-state index is 10.6. The first kappa shape index (κ1) is 14.3. The van der Waals surface area contributed by atoms with E-state index in [1.807, 2.05) is 30.3 Å². The second-order valence-corrected chi connectivity index (χ2v) is 5.99. The Labute approximate surface area is 127 Å². The Bertz CT molecular complexity index is 554. The maximum atomic E-state index is 10.6. The van der Waals surface area contributed by atoms with Crippen LogP contribution in [0.25, 0.3) is 0 Å². The van der Waals surface area contributed by atoms with Crippen molar-refractivity contribution in [3.63, 3.8) is 0 Å². The Morgan fingerprint density at radius 2 is 1.62 bits per heavy atom. The lowest BCUT2D eigenvalue weighted by atomic mass is 9.98. The Balaban J connectivity index is 1.66. The molecule has 1 aliphatic rings. The number of rotatable bonds is 4. The van der Waals surface area contributed by atoms with Crippen molar-refractivity contribution >= 4 is 0 Å². The first-order valence-electron chi connectivity index (χ1n) is 7.77. The van der Waals surface area contributed by atoms with E-state index in [9.17, 15) is 5.11 Å². The number of likely N-dealkylation sites (tertiary alicyclic amines) is 1. The molecule has 2 heteroatoms. The van der Waals surface area contributed by atoms with Gasteiger partial charge in [0.2, 0.25) is 0 Å². The SMILES string of the molecule is CC(C(O)c1ccccc1)N1CCC(c2ccccc2)C1. The second-order valence-electron chi connectivity index (χ2n) is 5.99. The van der Waals surface area contributed by atoms with Gasteiger partial charge in [-0.15, -0.1) is 0 Å². The fourth-order valence-electron chi connectivity index (χ4n) is 3.28. The van der Waals surface area contributed by atoms with Crippen molar-refractivity contribution in [2.45, 2.75) is 31.4 Å². The average Bonchev–Trinajstić information content (AvgIpc) is 3.05. The van der Waals surface area contributed by atoms with Crippen molar-refractivity contribution < 1.29 is 5.11 Å². The lowest BCUT2D eigenvalue weighted by Gasteiger charge is -2.29. The van der Waals surface area contributed by atoms with Crippen molar-refractivity contribution in [1.29, 1.82) is 0 Å². The Hall–Kier alpha value is -1.64. The molecule has 21 heavy (non-hydrogen) atoms. The van der Waals surface area contributed by atoms with Gasteiger partial charge in [-0.1, -0.05) is 60.7 Å². The fraction of sp³-hybridized carbons (Fsp3) is 0.368. The molecule has 1 fully saturated rings. The van der Waals surface area contributed by atoms with Crippen LogP contribution in [-0.4, -0.2) is 29.1 Å². The lowest BCUT2D eigenvalue weighted by Crippen LogP contribution is -2.35. The number of aliphatic hydroxyl groups is 1. The highest BCUT2D eigenvalue weighted by atomic mass is 16.3. The molecule has 1 N–H and O–H groups in total. The molecule has 1 saturated heterocycles. The third-order valence-electron chi connectivity index (χ3n) is 4.66. The summed E-state index contributed by atoms with van der Waals surface area (Å²) in [6.07, 6.45) is 0.760. The quantitative estimate of drug-likeness (QED) is 0.925. The molecule has 2 aromatic carbocycles. The van der Waals surface area contributed by atoms with E-state index in [1.165, 1.54) is 12.0 Å². The standard InChI is InChI=1S/C19H23NO/c1-15(19(21)17-10-6-3-7-11-17)20-13-12-18(14-20)16-8-4-2-5-9-16/h2-11,15,18-19,21H,12-14H2,1H3. The topological polar surface area (TPSA) is 23.5 Å². The van der Waals surface area contributed by atoms with Crippen LogP contribution in [0.5, 0.6) is 0 Å². The van der Waals surface area contributed by atoms with E-state index in [-0.39, 0.29) is 6.04 Å². The third kappa shape index (κ3) is 3.17. The summed E-state index contributed by atoms with van der Waals surface area (Å²) in [7, 11) is 0. The molecule has 3 unspecified atom stereocenters. The zero-order chi connectivity index (χ0) is 14.7.